The minimum atomic E-state index is -0.0714. The van der Waals surface area contributed by atoms with E-state index >= 15 is 0 Å². The molecule has 0 bridgehead atoms. The van der Waals surface area contributed by atoms with Crippen molar-refractivity contribution in [2.45, 2.75) is 17.2 Å². The predicted octanol–water partition coefficient (Wildman–Crippen LogP) is 3.76. The van der Waals surface area contributed by atoms with E-state index in [9.17, 15) is 4.79 Å². The third-order valence-corrected chi connectivity index (χ3v) is 4.87. The molecule has 4 nitrogen and oxygen atoms in total. The first-order chi connectivity index (χ1) is 11.3. The highest BCUT2D eigenvalue weighted by molar-refractivity contribution is 7.98. The van der Waals surface area contributed by atoms with Crippen molar-refractivity contribution in [2.75, 3.05) is 0 Å². The summed E-state index contributed by atoms with van der Waals surface area (Å²) in [5, 5.41) is 4.96. The second-order valence-electron chi connectivity index (χ2n) is 4.83. The standard InChI is InChI=1S/C17H15N3OS2/c21-17(19-9-13-5-7-18-8-6-13)14-1-3-16(4-2-14)23-11-15-10-22-12-20-15/h1-8,10,12H,9,11H2,(H,19,21). The maximum absolute atomic E-state index is 12.1. The van der Waals surface area contributed by atoms with Gasteiger partial charge in [0.05, 0.1) is 11.2 Å². The first-order valence-corrected chi connectivity index (χ1v) is 9.01. The highest BCUT2D eigenvalue weighted by atomic mass is 32.2. The number of thiazole rings is 1. The van der Waals surface area contributed by atoms with Crippen LogP contribution in [0.2, 0.25) is 0 Å². The maximum atomic E-state index is 12.1. The van der Waals surface area contributed by atoms with Gasteiger partial charge >= 0.3 is 0 Å². The van der Waals surface area contributed by atoms with Crippen molar-refractivity contribution in [2.24, 2.45) is 0 Å². The number of thioether (sulfide) groups is 1. The van der Waals surface area contributed by atoms with Gasteiger partial charge in [0.25, 0.3) is 5.91 Å². The van der Waals surface area contributed by atoms with Gasteiger partial charge in [0.1, 0.15) is 0 Å². The Labute approximate surface area is 143 Å². The number of nitrogens with zero attached hydrogens (tertiary/aromatic N) is 2. The van der Waals surface area contributed by atoms with Crippen molar-refractivity contribution < 1.29 is 4.79 Å². The lowest BCUT2D eigenvalue weighted by Gasteiger charge is -2.06. The summed E-state index contributed by atoms with van der Waals surface area (Å²) in [4.78, 5) is 21.5. The van der Waals surface area contributed by atoms with Crippen LogP contribution in [0.4, 0.5) is 0 Å². The highest BCUT2D eigenvalue weighted by Crippen LogP contribution is 2.22. The van der Waals surface area contributed by atoms with Crippen LogP contribution >= 0.6 is 23.1 Å². The molecule has 2 heterocycles. The van der Waals surface area contributed by atoms with Crippen LogP contribution in [-0.2, 0) is 12.3 Å². The second-order valence-corrected chi connectivity index (χ2v) is 6.60. The van der Waals surface area contributed by atoms with Crippen LogP contribution in [0.5, 0.6) is 0 Å². The van der Waals surface area contributed by atoms with Crippen LogP contribution in [0.15, 0.2) is 64.6 Å². The van der Waals surface area contributed by atoms with Gasteiger partial charge in [-0.1, -0.05) is 0 Å². The quantitative estimate of drug-likeness (QED) is 0.694. The molecule has 0 atom stereocenters. The molecule has 0 radical (unpaired) electrons. The summed E-state index contributed by atoms with van der Waals surface area (Å²) < 4.78 is 0. The summed E-state index contributed by atoms with van der Waals surface area (Å²) in [6, 6.07) is 11.4. The molecule has 23 heavy (non-hydrogen) atoms. The smallest absolute Gasteiger partial charge is 0.251 e. The van der Waals surface area contributed by atoms with Gasteiger partial charge in [-0.2, -0.15) is 0 Å². The number of carbonyl (C=O) groups is 1. The molecule has 1 aromatic carbocycles. The summed E-state index contributed by atoms with van der Waals surface area (Å²) in [5.41, 5.74) is 4.62. The van der Waals surface area contributed by atoms with Crippen molar-refractivity contribution in [1.29, 1.82) is 0 Å². The van der Waals surface area contributed by atoms with Crippen LogP contribution in [0.3, 0.4) is 0 Å². The molecular weight excluding hydrogens is 326 g/mol. The molecule has 0 aliphatic carbocycles. The Bertz CT molecular complexity index is 743. The zero-order valence-corrected chi connectivity index (χ0v) is 13.9. The van der Waals surface area contributed by atoms with E-state index in [0.29, 0.717) is 12.1 Å². The largest absolute Gasteiger partial charge is 0.348 e. The van der Waals surface area contributed by atoms with Gasteiger partial charge in [-0.25, -0.2) is 4.98 Å². The average Bonchev–Trinajstić information content (AvgIpc) is 3.13. The number of carbonyl (C=O) groups excluding carboxylic acids is 1. The molecular formula is C17H15N3OS2. The molecule has 116 valence electrons. The van der Waals surface area contributed by atoms with E-state index in [1.54, 1.807) is 35.5 Å². The summed E-state index contributed by atoms with van der Waals surface area (Å²) in [5.74, 6) is 0.773. The summed E-state index contributed by atoms with van der Waals surface area (Å²) in [6.07, 6.45) is 3.44. The fourth-order valence-corrected chi connectivity index (χ4v) is 3.42. The number of hydrogen-bond donors (Lipinski definition) is 1. The summed E-state index contributed by atoms with van der Waals surface area (Å²) >= 11 is 3.32. The average molecular weight is 341 g/mol. The predicted molar refractivity (Wildman–Crippen MR) is 93.5 cm³/mol. The molecule has 0 aliphatic heterocycles. The lowest BCUT2D eigenvalue weighted by molar-refractivity contribution is 0.0951. The molecule has 2 aromatic heterocycles. The number of amides is 1. The number of aromatic nitrogens is 2. The van der Waals surface area contributed by atoms with Crippen LogP contribution < -0.4 is 5.32 Å². The van der Waals surface area contributed by atoms with E-state index in [1.165, 1.54) is 0 Å². The Kier molecular flexibility index (Phi) is 5.39. The van der Waals surface area contributed by atoms with Crippen LogP contribution in [0.25, 0.3) is 0 Å². The van der Waals surface area contributed by atoms with Gasteiger partial charge < -0.3 is 5.32 Å². The number of nitrogens with one attached hydrogen (secondary N) is 1. The highest BCUT2D eigenvalue weighted by Gasteiger charge is 2.05. The molecule has 3 rings (SSSR count). The molecule has 1 amide bonds. The van der Waals surface area contributed by atoms with Gasteiger partial charge in [-0.3, -0.25) is 9.78 Å². The Hall–Kier alpha value is -2.18. The van der Waals surface area contributed by atoms with E-state index in [-0.39, 0.29) is 5.91 Å². The van der Waals surface area contributed by atoms with Gasteiger partial charge in [-0.05, 0) is 42.0 Å². The monoisotopic (exact) mass is 341 g/mol. The van der Waals surface area contributed by atoms with Crippen LogP contribution in [0.1, 0.15) is 21.6 Å². The second kappa shape index (κ2) is 7.89. The first kappa shape index (κ1) is 15.7. The maximum Gasteiger partial charge on any atom is 0.251 e. The molecule has 0 unspecified atom stereocenters. The van der Waals surface area contributed by atoms with E-state index in [1.807, 2.05) is 47.3 Å². The SMILES string of the molecule is O=C(NCc1ccncc1)c1ccc(SCc2cscn2)cc1. The van der Waals surface area contributed by atoms with E-state index in [4.69, 9.17) is 0 Å². The molecule has 0 spiro atoms. The molecule has 0 saturated carbocycles. The van der Waals surface area contributed by atoms with Crippen molar-refractivity contribution in [1.82, 2.24) is 15.3 Å². The molecule has 3 aromatic rings. The molecule has 1 N–H and O–H groups in total. The third-order valence-electron chi connectivity index (χ3n) is 3.19. The zero-order chi connectivity index (χ0) is 15.9. The van der Waals surface area contributed by atoms with Crippen LogP contribution in [0, 0.1) is 0 Å². The minimum Gasteiger partial charge on any atom is -0.348 e. The topological polar surface area (TPSA) is 54.9 Å². The normalized spacial score (nSPS) is 10.4. The van der Waals surface area contributed by atoms with Gasteiger partial charge in [0.15, 0.2) is 0 Å². The van der Waals surface area contributed by atoms with Crippen molar-refractivity contribution in [3.8, 4) is 0 Å². The Morgan fingerprint density at radius 1 is 1.13 bits per heavy atom. The zero-order valence-electron chi connectivity index (χ0n) is 12.3. The molecule has 0 aliphatic rings. The van der Waals surface area contributed by atoms with E-state index in [0.717, 1.165) is 21.9 Å². The Morgan fingerprint density at radius 2 is 1.91 bits per heavy atom. The fourth-order valence-electron chi connectivity index (χ4n) is 1.95. The summed E-state index contributed by atoms with van der Waals surface area (Å²) in [6.45, 7) is 0.502. The van der Waals surface area contributed by atoms with Gasteiger partial charge in [-0.15, -0.1) is 23.1 Å². The molecule has 6 heteroatoms. The fraction of sp³-hybridized carbons (Fsp3) is 0.118. The summed E-state index contributed by atoms with van der Waals surface area (Å²) in [7, 11) is 0. The van der Waals surface area contributed by atoms with Crippen molar-refractivity contribution >= 4 is 29.0 Å². The van der Waals surface area contributed by atoms with Crippen molar-refractivity contribution in [3.05, 3.63) is 76.5 Å². The van der Waals surface area contributed by atoms with Gasteiger partial charge in [0, 0.05) is 40.5 Å². The van der Waals surface area contributed by atoms with Crippen LogP contribution in [-0.4, -0.2) is 15.9 Å². The molecule has 0 fully saturated rings. The number of benzene rings is 1. The number of hydrogen-bond acceptors (Lipinski definition) is 5. The molecule has 0 saturated heterocycles. The van der Waals surface area contributed by atoms with Crippen molar-refractivity contribution in [3.63, 3.8) is 0 Å². The van der Waals surface area contributed by atoms with E-state index in [2.05, 4.69) is 15.3 Å². The first-order valence-electron chi connectivity index (χ1n) is 7.08. The Balaban J connectivity index is 1.53. The number of pyridine rings is 1. The third kappa shape index (κ3) is 4.64. The Morgan fingerprint density at radius 3 is 2.61 bits per heavy atom. The van der Waals surface area contributed by atoms with E-state index < -0.39 is 0 Å². The number of rotatable bonds is 6. The lowest BCUT2D eigenvalue weighted by atomic mass is 10.2. The lowest BCUT2D eigenvalue weighted by Crippen LogP contribution is -2.22. The minimum absolute atomic E-state index is 0.0714. The van der Waals surface area contributed by atoms with Gasteiger partial charge in [0.2, 0.25) is 0 Å².